The summed E-state index contributed by atoms with van der Waals surface area (Å²) in [6.45, 7) is 0. The van der Waals surface area contributed by atoms with E-state index in [-0.39, 0.29) is 23.3 Å². The van der Waals surface area contributed by atoms with Gasteiger partial charge in [-0.05, 0) is 42.0 Å². The lowest BCUT2D eigenvalue weighted by atomic mass is 10.1. The highest BCUT2D eigenvalue weighted by Crippen LogP contribution is 2.36. The molecule has 6 heteroatoms. The summed E-state index contributed by atoms with van der Waals surface area (Å²) in [4.78, 5) is 14.8. The van der Waals surface area contributed by atoms with E-state index in [1.54, 1.807) is 11.0 Å². The topological polar surface area (TPSA) is 32.3 Å². The van der Waals surface area contributed by atoms with Gasteiger partial charge in [0.05, 0.1) is 11.6 Å². The Hall–Kier alpha value is -3.54. The van der Waals surface area contributed by atoms with E-state index in [4.69, 9.17) is 0 Å². The fourth-order valence-corrected chi connectivity index (χ4v) is 3.35. The first-order valence-electron chi connectivity index (χ1n) is 9.03. The quantitative estimate of drug-likeness (QED) is 0.608. The van der Waals surface area contributed by atoms with Gasteiger partial charge in [0.15, 0.2) is 0 Å². The minimum atomic E-state index is -4.45. The van der Waals surface area contributed by atoms with Gasteiger partial charge in [-0.25, -0.2) is 0 Å². The van der Waals surface area contributed by atoms with E-state index in [1.165, 1.54) is 12.1 Å². The molecule has 1 aliphatic heterocycles. The minimum absolute atomic E-state index is 0.209. The SMILES string of the molecule is O=C1C(Nc2cccc(C(F)(F)F)c2)=C[C@@H](c2ccccc2)N1c1ccccc1. The standard InChI is InChI=1S/C23H17F3N2O/c24-23(25,26)17-10-7-11-18(14-17)27-20-15-21(16-8-3-1-4-9-16)28(22(20)29)19-12-5-2-6-13-19/h1-15,21,27H/t21-/m0/s1. The molecule has 0 radical (unpaired) electrons. The maximum atomic E-state index is 13.1. The van der Waals surface area contributed by atoms with E-state index in [1.807, 2.05) is 60.7 Å². The van der Waals surface area contributed by atoms with Crippen LogP contribution in [0.3, 0.4) is 0 Å². The van der Waals surface area contributed by atoms with Crippen molar-refractivity contribution in [3.8, 4) is 0 Å². The van der Waals surface area contributed by atoms with Crippen molar-refractivity contribution in [3.05, 3.63) is 108 Å². The van der Waals surface area contributed by atoms with Crippen LogP contribution in [0, 0.1) is 0 Å². The van der Waals surface area contributed by atoms with Crippen LogP contribution in [0.2, 0.25) is 0 Å². The molecule has 1 amide bonds. The fraction of sp³-hybridized carbons (Fsp3) is 0.0870. The number of benzene rings is 3. The van der Waals surface area contributed by atoms with Crippen molar-refractivity contribution < 1.29 is 18.0 Å². The highest BCUT2D eigenvalue weighted by molar-refractivity contribution is 6.11. The zero-order chi connectivity index (χ0) is 20.4. The van der Waals surface area contributed by atoms with Crippen molar-refractivity contribution in [2.24, 2.45) is 0 Å². The molecule has 4 rings (SSSR count). The summed E-state index contributed by atoms with van der Waals surface area (Å²) < 4.78 is 39.0. The van der Waals surface area contributed by atoms with Crippen LogP contribution in [-0.4, -0.2) is 5.91 Å². The van der Waals surface area contributed by atoms with Crippen LogP contribution in [0.15, 0.2) is 96.7 Å². The molecule has 1 N–H and O–H groups in total. The van der Waals surface area contributed by atoms with Crippen LogP contribution >= 0.6 is 0 Å². The highest BCUT2D eigenvalue weighted by atomic mass is 19.4. The monoisotopic (exact) mass is 394 g/mol. The molecule has 0 saturated carbocycles. The second kappa shape index (κ2) is 7.47. The maximum absolute atomic E-state index is 13.1. The Kier molecular flexibility index (Phi) is 4.84. The van der Waals surface area contributed by atoms with E-state index in [0.717, 1.165) is 17.7 Å². The van der Waals surface area contributed by atoms with Gasteiger partial charge in [-0.3, -0.25) is 9.69 Å². The average Bonchev–Trinajstić information content (AvgIpc) is 3.05. The number of hydrogen-bond donors (Lipinski definition) is 1. The normalized spacial score (nSPS) is 16.7. The molecule has 3 nitrogen and oxygen atoms in total. The van der Waals surface area contributed by atoms with Crippen molar-refractivity contribution in [3.63, 3.8) is 0 Å². The number of carbonyl (C=O) groups is 1. The molecule has 1 atom stereocenters. The number of anilines is 2. The lowest BCUT2D eigenvalue weighted by Crippen LogP contribution is -2.30. The molecule has 0 saturated heterocycles. The lowest BCUT2D eigenvalue weighted by molar-refractivity contribution is -0.137. The van der Waals surface area contributed by atoms with E-state index in [2.05, 4.69) is 5.32 Å². The second-order valence-corrected chi connectivity index (χ2v) is 6.65. The van der Waals surface area contributed by atoms with Gasteiger partial charge in [0.25, 0.3) is 5.91 Å². The molecule has 0 bridgehead atoms. The molecule has 146 valence electrons. The van der Waals surface area contributed by atoms with Crippen molar-refractivity contribution in [1.29, 1.82) is 0 Å². The molecule has 29 heavy (non-hydrogen) atoms. The summed E-state index contributed by atoms with van der Waals surface area (Å²) in [6.07, 6.45) is -2.71. The summed E-state index contributed by atoms with van der Waals surface area (Å²) in [5.74, 6) is -0.303. The maximum Gasteiger partial charge on any atom is 0.416 e. The molecule has 0 aromatic heterocycles. The summed E-state index contributed by atoms with van der Waals surface area (Å²) >= 11 is 0. The predicted molar refractivity (Wildman–Crippen MR) is 106 cm³/mol. The molecule has 1 heterocycles. The lowest BCUT2D eigenvalue weighted by Gasteiger charge is -2.25. The Morgan fingerprint density at radius 2 is 1.48 bits per heavy atom. The van der Waals surface area contributed by atoms with Crippen molar-refractivity contribution in [1.82, 2.24) is 0 Å². The fourth-order valence-electron chi connectivity index (χ4n) is 3.35. The van der Waals surface area contributed by atoms with E-state index in [9.17, 15) is 18.0 Å². The van der Waals surface area contributed by atoms with Crippen LogP contribution in [0.25, 0.3) is 0 Å². The van der Waals surface area contributed by atoms with Crippen molar-refractivity contribution in [2.75, 3.05) is 10.2 Å². The number of rotatable bonds is 4. The number of alkyl halides is 3. The van der Waals surface area contributed by atoms with E-state index >= 15 is 0 Å². The van der Waals surface area contributed by atoms with Crippen LogP contribution < -0.4 is 10.2 Å². The molecule has 0 spiro atoms. The summed E-state index contributed by atoms with van der Waals surface area (Å²) in [5.41, 5.74) is 1.30. The van der Waals surface area contributed by atoms with Crippen LogP contribution in [0.1, 0.15) is 17.2 Å². The van der Waals surface area contributed by atoms with Gasteiger partial charge in [-0.2, -0.15) is 13.2 Å². The van der Waals surface area contributed by atoms with Gasteiger partial charge in [0.1, 0.15) is 5.70 Å². The van der Waals surface area contributed by atoms with E-state index in [0.29, 0.717) is 5.69 Å². The van der Waals surface area contributed by atoms with Gasteiger partial charge in [-0.1, -0.05) is 54.6 Å². The van der Waals surface area contributed by atoms with E-state index < -0.39 is 11.7 Å². The number of halogens is 3. The third-order valence-electron chi connectivity index (χ3n) is 4.70. The number of nitrogens with one attached hydrogen (secondary N) is 1. The third-order valence-corrected chi connectivity index (χ3v) is 4.70. The Labute approximate surface area is 166 Å². The Balaban J connectivity index is 1.70. The van der Waals surface area contributed by atoms with Crippen molar-refractivity contribution in [2.45, 2.75) is 12.2 Å². The van der Waals surface area contributed by atoms with Crippen LogP contribution in [0.5, 0.6) is 0 Å². The van der Waals surface area contributed by atoms with Gasteiger partial charge in [0, 0.05) is 11.4 Å². The first kappa shape index (κ1) is 18.8. The third kappa shape index (κ3) is 3.87. The number of hydrogen-bond acceptors (Lipinski definition) is 2. The predicted octanol–water partition coefficient (Wildman–Crippen LogP) is 5.79. The van der Waals surface area contributed by atoms with Gasteiger partial charge in [-0.15, -0.1) is 0 Å². The molecule has 1 aliphatic rings. The Morgan fingerprint density at radius 1 is 0.828 bits per heavy atom. The highest BCUT2D eigenvalue weighted by Gasteiger charge is 2.35. The summed E-state index contributed by atoms with van der Waals surface area (Å²) in [6, 6.07) is 23.1. The summed E-state index contributed by atoms with van der Waals surface area (Å²) in [5, 5.41) is 2.87. The number of para-hydroxylation sites is 1. The minimum Gasteiger partial charge on any atom is -0.351 e. The molecule has 3 aromatic carbocycles. The molecular formula is C23H17F3N2O. The average molecular weight is 394 g/mol. The van der Waals surface area contributed by atoms with Crippen LogP contribution in [0.4, 0.5) is 24.5 Å². The molecule has 3 aromatic rings. The van der Waals surface area contributed by atoms with Crippen LogP contribution in [-0.2, 0) is 11.0 Å². The first-order chi connectivity index (χ1) is 13.9. The molecule has 0 aliphatic carbocycles. The smallest absolute Gasteiger partial charge is 0.351 e. The largest absolute Gasteiger partial charge is 0.416 e. The van der Waals surface area contributed by atoms with Gasteiger partial charge < -0.3 is 5.32 Å². The second-order valence-electron chi connectivity index (χ2n) is 6.65. The zero-order valence-electron chi connectivity index (χ0n) is 15.2. The molecule has 0 fully saturated rings. The zero-order valence-corrected chi connectivity index (χ0v) is 15.2. The first-order valence-corrected chi connectivity index (χ1v) is 9.03. The molecule has 0 unspecified atom stereocenters. The Morgan fingerprint density at radius 3 is 2.14 bits per heavy atom. The Bertz CT molecular complexity index is 1050. The molecular weight excluding hydrogens is 377 g/mol. The number of nitrogens with zero attached hydrogens (tertiary/aromatic N) is 1. The summed E-state index contributed by atoms with van der Waals surface area (Å²) in [7, 11) is 0. The van der Waals surface area contributed by atoms with Gasteiger partial charge >= 0.3 is 6.18 Å². The number of amides is 1. The number of carbonyl (C=O) groups excluding carboxylic acids is 1. The van der Waals surface area contributed by atoms with Crippen molar-refractivity contribution >= 4 is 17.3 Å². The van der Waals surface area contributed by atoms with Gasteiger partial charge in [0.2, 0.25) is 0 Å².